The van der Waals surface area contributed by atoms with E-state index in [1.807, 2.05) is 37.5 Å². The summed E-state index contributed by atoms with van der Waals surface area (Å²) in [5, 5.41) is 3.51. The van der Waals surface area contributed by atoms with Gasteiger partial charge in [0.05, 0.1) is 0 Å². The number of piperidine rings is 1. The van der Waals surface area contributed by atoms with Crippen LogP contribution in [0.25, 0.3) is 0 Å². The molecule has 2 N–H and O–H groups in total. The second-order valence-electron chi connectivity index (χ2n) is 8.45. The van der Waals surface area contributed by atoms with E-state index in [4.69, 9.17) is 0 Å². The predicted molar refractivity (Wildman–Crippen MR) is 122 cm³/mol. The maximum Gasteiger partial charge on any atom is 0.321 e. The number of rotatable bonds is 7. The zero-order chi connectivity index (χ0) is 21.6. The number of likely N-dealkylation sites (tertiary alicyclic amines) is 1. The second-order valence-corrected chi connectivity index (χ2v) is 9.87. The molecule has 6 nitrogen and oxygen atoms in total. The summed E-state index contributed by atoms with van der Waals surface area (Å²) in [7, 11) is 0. The monoisotopic (exact) mass is 420 g/mol. The Bertz CT molecular complexity index is 660. The Morgan fingerprint density at radius 1 is 1.00 bits per heavy atom. The van der Waals surface area contributed by atoms with E-state index < -0.39 is 0 Å². The molecule has 1 aromatic carbocycles. The maximum absolute atomic E-state index is 12.8. The predicted octanol–water partition coefficient (Wildman–Crippen LogP) is 4.59. The molecule has 1 aromatic rings. The number of carbonyl (C=O) groups is 2. The molecule has 2 rings (SSSR count). The van der Waals surface area contributed by atoms with Gasteiger partial charge in [-0.25, -0.2) is 4.79 Å². The number of carbonyl (C=O) groups excluding carboxylic acids is 2. The number of hydrogen-bond acceptors (Lipinski definition) is 4. The maximum atomic E-state index is 12.8. The second kappa shape index (κ2) is 10.9. The van der Waals surface area contributed by atoms with Crippen LogP contribution in [0.2, 0.25) is 0 Å². The third kappa shape index (κ3) is 6.93. The number of nitrogens with one attached hydrogen (secondary N) is 2. The molecule has 162 valence electrons. The summed E-state index contributed by atoms with van der Waals surface area (Å²) in [5.41, 5.74) is 1.35. The molecule has 0 saturated carbocycles. The summed E-state index contributed by atoms with van der Waals surface area (Å²) in [6.45, 7) is 13.9. The van der Waals surface area contributed by atoms with Gasteiger partial charge in [0.2, 0.25) is 0 Å². The van der Waals surface area contributed by atoms with Crippen molar-refractivity contribution >= 4 is 29.6 Å². The molecule has 7 heteroatoms. The van der Waals surface area contributed by atoms with E-state index in [2.05, 4.69) is 23.9 Å². The first-order valence-corrected chi connectivity index (χ1v) is 11.5. The van der Waals surface area contributed by atoms with Crippen LogP contribution in [0, 0.1) is 0 Å². The van der Waals surface area contributed by atoms with Gasteiger partial charge in [-0.15, -0.1) is 0 Å². The third-order valence-corrected chi connectivity index (χ3v) is 5.92. The van der Waals surface area contributed by atoms with Gasteiger partial charge < -0.3 is 15.1 Å². The Kier molecular flexibility index (Phi) is 8.83. The van der Waals surface area contributed by atoms with Gasteiger partial charge in [-0.3, -0.25) is 9.52 Å². The fourth-order valence-electron chi connectivity index (χ4n) is 3.55. The number of benzene rings is 1. The highest BCUT2D eigenvalue weighted by Crippen LogP contribution is 2.18. The summed E-state index contributed by atoms with van der Waals surface area (Å²) in [5.74, 6) is 0.0155. The molecule has 3 amide bonds. The lowest BCUT2D eigenvalue weighted by atomic mass is 10.1. The first kappa shape index (κ1) is 23.5. The summed E-state index contributed by atoms with van der Waals surface area (Å²) in [4.78, 5) is 29.0. The van der Waals surface area contributed by atoms with Crippen LogP contribution in [0.3, 0.4) is 0 Å². The first-order valence-electron chi connectivity index (χ1n) is 10.6. The van der Waals surface area contributed by atoms with Crippen molar-refractivity contribution in [3.05, 3.63) is 29.8 Å². The molecule has 0 radical (unpaired) electrons. The molecule has 1 heterocycles. The minimum absolute atomic E-state index is 0.0155. The molecular weight excluding hydrogens is 384 g/mol. The van der Waals surface area contributed by atoms with E-state index >= 15 is 0 Å². The van der Waals surface area contributed by atoms with Crippen molar-refractivity contribution in [2.24, 2.45) is 0 Å². The quantitative estimate of drug-likeness (QED) is 0.633. The lowest BCUT2D eigenvalue weighted by molar-refractivity contribution is 0.0643. The Morgan fingerprint density at radius 3 is 2.03 bits per heavy atom. The number of hydrogen-bond donors (Lipinski definition) is 2. The van der Waals surface area contributed by atoms with Crippen LogP contribution < -0.4 is 10.0 Å². The highest BCUT2D eigenvalue weighted by atomic mass is 32.2. The van der Waals surface area contributed by atoms with Gasteiger partial charge >= 0.3 is 6.03 Å². The van der Waals surface area contributed by atoms with E-state index in [0.717, 1.165) is 25.9 Å². The lowest BCUT2D eigenvalue weighted by Crippen LogP contribution is -2.45. The van der Waals surface area contributed by atoms with E-state index in [-0.39, 0.29) is 24.0 Å². The number of urea groups is 1. The summed E-state index contributed by atoms with van der Waals surface area (Å²) < 4.78 is 3.49. The minimum Gasteiger partial charge on any atom is -0.334 e. The highest BCUT2D eigenvalue weighted by Gasteiger charge is 2.24. The molecule has 0 spiro atoms. The molecule has 0 bridgehead atoms. The van der Waals surface area contributed by atoms with Crippen molar-refractivity contribution in [3.8, 4) is 0 Å². The van der Waals surface area contributed by atoms with Crippen molar-refractivity contribution in [2.45, 2.75) is 77.8 Å². The van der Waals surface area contributed by atoms with Gasteiger partial charge in [0, 0.05) is 47.7 Å². The van der Waals surface area contributed by atoms with Gasteiger partial charge in [0.25, 0.3) is 5.91 Å². The zero-order valence-corrected chi connectivity index (χ0v) is 19.4. The van der Waals surface area contributed by atoms with Gasteiger partial charge in [0.1, 0.15) is 0 Å². The molecular formula is C22H36N4O2S. The summed E-state index contributed by atoms with van der Waals surface area (Å²) in [6, 6.07) is 7.84. The zero-order valence-electron chi connectivity index (χ0n) is 18.6. The van der Waals surface area contributed by atoms with Crippen molar-refractivity contribution < 1.29 is 9.59 Å². The van der Waals surface area contributed by atoms with Crippen molar-refractivity contribution in [2.75, 3.05) is 18.4 Å². The normalized spacial score (nSPS) is 15.3. The smallest absolute Gasteiger partial charge is 0.321 e. The van der Waals surface area contributed by atoms with Gasteiger partial charge in [0.15, 0.2) is 0 Å². The van der Waals surface area contributed by atoms with Crippen molar-refractivity contribution in [3.63, 3.8) is 0 Å². The Balaban J connectivity index is 1.88. The van der Waals surface area contributed by atoms with Gasteiger partial charge in [-0.1, -0.05) is 25.8 Å². The average molecular weight is 421 g/mol. The Hall–Kier alpha value is -1.73. The Morgan fingerprint density at radius 2 is 1.55 bits per heavy atom. The van der Waals surface area contributed by atoms with Crippen LogP contribution >= 0.6 is 11.9 Å². The first-order chi connectivity index (χ1) is 13.7. The molecule has 1 saturated heterocycles. The fraction of sp³-hybridized carbons (Fsp3) is 0.636. The molecule has 0 aliphatic carbocycles. The molecule has 1 aliphatic rings. The SMILES string of the molecule is CC(C)SNC1CCN(C(=O)Nc2ccc(C(=O)N(C(C)C)C(C)C)cc2)CC1. The van der Waals surface area contributed by atoms with Gasteiger partial charge in [-0.2, -0.15) is 0 Å². The summed E-state index contributed by atoms with van der Waals surface area (Å²) >= 11 is 1.76. The number of amides is 3. The van der Waals surface area contributed by atoms with E-state index in [1.165, 1.54) is 0 Å². The molecule has 1 aliphatic heterocycles. The lowest BCUT2D eigenvalue weighted by Gasteiger charge is -2.32. The molecule has 29 heavy (non-hydrogen) atoms. The number of anilines is 1. The average Bonchev–Trinajstić information content (AvgIpc) is 2.66. The topological polar surface area (TPSA) is 64.7 Å². The van der Waals surface area contributed by atoms with Crippen LogP contribution in [-0.4, -0.2) is 58.2 Å². The fourth-order valence-corrected chi connectivity index (χ4v) is 4.25. The van der Waals surface area contributed by atoms with E-state index in [1.54, 1.807) is 36.2 Å². The van der Waals surface area contributed by atoms with Gasteiger partial charge in [-0.05, 0) is 64.8 Å². The Labute approximate surface area is 179 Å². The van der Waals surface area contributed by atoms with Crippen LogP contribution in [0.1, 0.15) is 64.7 Å². The molecule has 0 aromatic heterocycles. The van der Waals surface area contributed by atoms with Crippen LogP contribution in [0.4, 0.5) is 10.5 Å². The molecule has 1 fully saturated rings. The van der Waals surface area contributed by atoms with Crippen LogP contribution in [0.15, 0.2) is 24.3 Å². The minimum atomic E-state index is -0.0787. The summed E-state index contributed by atoms with van der Waals surface area (Å²) in [6.07, 6.45) is 1.92. The largest absolute Gasteiger partial charge is 0.334 e. The van der Waals surface area contributed by atoms with E-state index in [0.29, 0.717) is 22.5 Å². The van der Waals surface area contributed by atoms with Crippen molar-refractivity contribution in [1.82, 2.24) is 14.5 Å². The number of nitrogens with zero attached hydrogens (tertiary/aromatic N) is 2. The highest BCUT2D eigenvalue weighted by molar-refractivity contribution is 7.98. The molecule has 0 unspecified atom stereocenters. The van der Waals surface area contributed by atoms with Crippen molar-refractivity contribution in [1.29, 1.82) is 0 Å². The molecule has 0 atom stereocenters. The van der Waals surface area contributed by atoms with Crippen LogP contribution in [0.5, 0.6) is 0 Å². The van der Waals surface area contributed by atoms with Crippen LogP contribution in [-0.2, 0) is 0 Å². The third-order valence-electron chi connectivity index (χ3n) is 4.98. The standard InChI is InChI=1S/C22H36N4O2S/c1-15(2)26(16(3)4)21(27)18-7-9-19(10-8-18)23-22(28)25-13-11-20(12-14-25)24-29-17(5)6/h7-10,15-17,20,24H,11-14H2,1-6H3,(H,23,28). The van der Waals surface area contributed by atoms with E-state index in [9.17, 15) is 9.59 Å².